The Balaban J connectivity index is 2.50. The fourth-order valence-corrected chi connectivity index (χ4v) is 2.02. The monoisotopic (exact) mass is 218 g/mol. The number of imide groups is 1. The largest absolute Gasteiger partial charge is 0.329 e. The number of nitrogens with zero attached hydrogens (tertiary/aromatic N) is 1. The number of rotatable bonds is 4. The Labute approximate surface area is 85.3 Å². The SMILES string of the molecule is CC(CCS(C)=O)N1C(=O)CNC1=O. The Morgan fingerprint density at radius 3 is 2.64 bits per heavy atom. The molecule has 1 fully saturated rings. The lowest BCUT2D eigenvalue weighted by molar-refractivity contribution is -0.126. The van der Waals surface area contributed by atoms with Gasteiger partial charge in [0.15, 0.2) is 0 Å². The van der Waals surface area contributed by atoms with Crippen LogP contribution in [0.15, 0.2) is 0 Å². The Hall–Kier alpha value is -0.910. The molecule has 0 aromatic rings. The molecule has 0 saturated carbocycles. The Morgan fingerprint density at radius 1 is 1.57 bits per heavy atom. The van der Waals surface area contributed by atoms with E-state index in [9.17, 15) is 13.8 Å². The van der Waals surface area contributed by atoms with Gasteiger partial charge in [0.1, 0.15) is 0 Å². The lowest BCUT2D eigenvalue weighted by Gasteiger charge is -2.20. The third-order valence-corrected chi connectivity index (χ3v) is 2.95. The molecule has 0 aromatic heterocycles. The van der Waals surface area contributed by atoms with E-state index in [-0.39, 0.29) is 24.5 Å². The zero-order valence-electron chi connectivity index (χ0n) is 8.28. The summed E-state index contributed by atoms with van der Waals surface area (Å²) in [6.45, 7) is 1.87. The van der Waals surface area contributed by atoms with Crippen LogP contribution in [0, 0.1) is 0 Å². The van der Waals surface area contributed by atoms with Crippen molar-refractivity contribution >= 4 is 22.7 Å². The van der Waals surface area contributed by atoms with Gasteiger partial charge in [0, 0.05) is 28.9 Å². The summed E-state index contributed by atoms with van der Waals surface area (Å²) in [6, 6.07) is -0.515. The van der Waals surface area contributed by atoms with Gasteiger partial charge in [-0.05, 0) is 13.3 Å². The summed E-state index contributed by atoms with van der Waals surface area (Å²) in [4.78, 5) is 23.6. The first kappa shape index (κ1) is 11.2. The average Bonchev–Trinajstić information content (AvgIpc) is 2.42. The molecular formula is C8H14N2O3S. The summed E-state index contributed by atoms with van der Waals surface area (Å²) >= 11 is 0. The minimum absolute atomic E-state index is 0.0817. The Bertz CT molecular complexity index is 264. The molecule has 1 heterocycles. The third-order valence-electron chi connectivity index (χ3n) is 2.14. The quantitative estimate of drug-likeness (QED) is 0.658. The van der Waals surface area contributed by atoms with Gasteiger partial charge >= 0.3 is 6.03 Å². The molecule has 80 valence electrons. The number of nitrogens with one attached hydrogen (secondary N) is 1. The second kappa shape index (κ2) is 4.54. The molecular weight excluding hydrogens is 204 g/mol. The molecule has 2 unspecified atom stereocenters. The second-order valence-electron chi connectivity index (χ2n) is 3.34. The third kappa shape index (κ3) is 2.54. The number of hydrogen-bond donors (Lipinski definition) is 1. The lowest BCUT2D eigenvalue weighted by Crippen LogP contribution is -2.39. The van der Waals surface area contributed by atoms with Crippen molar-refractivity contribution in [3.8, 4) is 0 Å². The zero-order chi connectivity index (χ0) is 10.7. The number of urea groups is 1. The van der Waals surface area contributed by atoms with Crippen LogP contribution in [0.5, 0.6) is 0 Å². The highest BCUT2D eigenvalue weighted by Crippen LogP contribution is 2.09. The van der Waals surface area contributed by atoms with Crippen LogP contribution >= 0.6 is 0 Å². The van der Waals surface area contributed by atoms with Gasteiger partial charge in [0.25, 0.3) is 0 Å². The highest BCUT2D eigenvalue weighted by molar-refractivity contribution is 7.84. The second-order valence-corrected chi connectivity index (χ2v) is 4.89. The van der Waals surface area contributed by atoms with Crippen molar-refractivity contribution in [3.05, 3.63) is 0 Å². The molecule has 2 atom stereocenters. The molecule has 0 bridgehead atoms. The van der Waals surface area contributed by atoms with Gasteiger partial charge in [-0.15, -0.1) is 0 Å². The van der Waals surface area contributed by atoms with E-state index in [2.05, 4.69) is 5.32 Å². The Morgan fingerprint density at radius 2 is 2.21 bits per heavy atom. The predicted molar refractivity (Wildman–Crippen MR) is 53.3 cm³/mol. The molecule has 6 heteroatoms. The van der Waals surface area contributed by atoms with Gasteiger partial charge in [-0.3, -0.25) is 13.9 Å². The van der Waals surface area contributed by atoms with Crippen molar-refractivity contribution in [3.63, 3.8) is 0 Å². The van der Waals surface area contributed by atoms with Crippen molar-refractivity contribution in [1.29, 1.82) is 0 Å². The predicted octanol–water partition coefficient (Wildman–Crippen LogP) is -0.305. The minimum atomic E-state index is -0.878. The summed E-state index contributed by atoms with van der Waals surface area (Å²) in [7, 11) is -0.878. The van der Waals surface area contributed by atoms with E-state index in [4.69, 9.17) is 0 Å². The molecule has 1 rings (SSSR count). The average molecular weight is 218 g/mol. The van der Waals surface area contributed by atoms with Crippen LogP contribution in [0.1, 0.15) is 13.3 Å². The van der Waals surface area contributed by atoms with E-state index in [1.807, 2.05) is 0 Å². The van der Waals surface area contributed by atoms with Crippen molar-refractivity contribution < 1.29 is 13.8 Å². The molecule has 0 spiro atoms. The molecule has 1 aliphatic rings. The van der Waals surface area contributed by atoms with Gasteiger partial charge in [-0.2, -0.15) is 0 Å². The van der Waals surface area contributed by atoms with Crippen molar-refractivity contribution in [2.75, 3.05) is 18.6 Å². The maximum atomic E-state index is 11.2. The number of amides is 3. The van der Waals surface area contributed by atoms with Crippen LogP contribution in [0.4, 0.5) is 4.79 Å². The molecule has 0 aromatic carbocycles. The van der Waals surface area contributed by atoms with E-state index < -0.39 is 10.8 Å². The molecule has 5 nitrogen and oxygen atoms in total. The zero-order valence-corrected chi connectivity index (χ0v) is 9.10. The maximum absolute atomic E-state index is 11.2. The minimum Gasteiger partial charge on any atom is -0.329 e. The molecule has 0 aliphatic carbocycles. The molecule has 1 aliphatic heterocycles. The van der Waals surface area contributed by atoms with E-state index in [1.165, 1.54) is 4.90 Å². The first-order valence-corrected chi connectivity index (χ1v) is 6.15. The summed E-state index contributed by atoms with van der Waals surface area (Å²) in [5.41, 5.74) is 0. The lowest BCUT2D eigenvalue weighted by atomic mass is 10.2. The molecule has 1 N–H and O–H groups in total. The van der Waals surface area contributed by atoms with E-state index >= 15 is 0 Å². The molecule has 0 radical (unpaired) electrons. The van der Waals surface area contributed by atoms with Crippen LogP contribution in [0.3, 0.4) is 0 Å². The highest BCUT2D eigenvalue weighted by atomic mass is 32.2. The summed E-state index contributed by atoms with van der Waals surface area (Å²) in [5.74, 6) is 0.308. The number of carbonyl (C=O) groups is 2. The van der Waals surface area contributed by atoms with Crippen LogP contribution < -0.4 is 5.32 Å². The smallest absolute Gasteiger partial charge is 0.324 e. The van der Waals surface area contributed by atoms with Crippen LogP contribution in [-0.2, 0) is 15.6 Å². The Kier molecular flexibility index (Phi) is 3.62. The molecule has 3 amide bonds. The van der Waals surface area contributed by atoms with Gasteiger partial charge in [0.05, 0.1) is 6.54 Å². The van der Waals surface area contributed by atoms with Gasteiger partial charge in [0.2, 0.25) is 5.91 Å². The summed E-state index contributed by atoms with van der Waals surface area (Å²) < 4.78 is 10.8. The van der Waals surface area contributed by atoms with E-state index in [1.54, 1.807) is 13.2 Å². The van der Waals surface area contributed by atoms with Gasteiger partial charge < -0.3 is 5.32 Å². The van der Waals surface area contributed by atoms with E-state index in [0.29, 0.717) is 12.2 Å². The van der Waals surface area contributed by atoms with Crippen LogP contribution in [0.2, 0.25) is 0 Å². The van der Waals surface area contributed by atoms with Gasteiger partial charge in [-0.25, -0.2) is 4.79 Å². The fraction of sp³-hybridized carbons (Fsp3) is 0.750. The maximum Gasteiger partial charge on any atom is 0.324 e. The van der Waals surface area contributed by atoms with Crippen molar-refractivity contribution in [2.24, 2.45) is 0 Å². The van der Waals surface area contributed by atoms with Crippen molar-refractivity contribution in [2.45, 2.75) is 19.4 Å². The van der Waals surface area contributed by atoms with E-state index in [0.717, 1.165) is 0 Å². The first-order chi connectivity index (χ1) is 6.52. The first-order valence-electron chi connectivity index (χ1n) is 4.42. The normalized spacial score (nSPS) is 20.9. The highest BCUT2D eigenvalue weighted by Gasteiger charge is 2.32. The van der Waals surface area contributed by atoms with Crippen molar-refractivity contribution in [1.82, 2.24) is 10.2 Å². The standard InChI is InChI=1S/C8H14N2O3S/c1-6(3-4-14(2)13)10-7(11)5-9-8(10)12/h6H,3-5H2,1-2H3,(H,9,12). The number of hydrogen-bond acceptors (Lipinski definition) is 3. The summed E-state index contributed by atoms with van der Waals surface area (Å²) in [6.07, 6.45) is 2.20. The topological polar surface area (TPSA) is 66.5 Å². The fourth-order valence-electron chi connectivity index (χ4n) is 1.35. The van der Waals surface area contributed by atoms with Gasteiger partial charge in [-0.1, -0.05) is 0 Å². The number of carbonyl (C=O) groups excluding carboxylic acids is 2. The molecule has 1 saturated heterocycles. The van der Waals surface area contributed by atoms with Crippen LogP contribution in [0.25, 0.3) is 0 Å². The summed E-state index contributed by atoms with van der Waals surface area (Å²) in [5, 5.41) is 2.45. The molecule has 14 heavy (non-hydrogen) atoms. The van der Waals surface area contributed by atoms with Crippen LogP contribution in [-0.4, -0.2) is 45.6 Å².